The molecule has 0 N–H and O–H groups in total. The zero-order chi connectivity index (χ0) is 10.2. The fraction of sp³-hybridized carbons (Fsp3) is 0.333. The number of hydrogen-bond donors (Lipinski definition) is 0. The van der Waals surface area contributed by atoms with Gasteiger partial charge in [0.1, 0.15) is 11.6 Å². The van der Waals surface area contributed by atoms with E-state index in [9.17, 15) is 8.78 Å². The van der Waals surface area contributed by atoms with E-state index in [-0.39, 0.29) is 10.2 Å². The number of benzene rings is 1. The van der Waals surface area contributed by atoms with E-state index >= 15 is 0 Å². The van der Waals surface area contributed by atoms with Crippen LogP contribution in [0.2, 0.25) is 24.7 Å². The summed E-state index contributed by atoms with van der Waals surface area (Å²) < 4.78 is 26.6. The fourth-order valence-corrected chi connectivity index (χ4v) is 3.03. The normalized spacial score (nSPS) is 11.8. The van der Waals surface area contributed by atoms with E-state index in [4.69, 9.17) is 11.6 Å². The molecule has 4 heteroatoms. The molecule has 72 valence electrons. The first-order valence-electron chi connectivity index (χ1n) is 3.97. The lowest BCUT2D eigenvalue weighted by molar-refractivity contribution is 0.596. The maximum atomic E-state index is 13.3. The van der Waals surface area contributed by atoms with E-state index in [1.165, 1.54) is 0 Å². The minimum absolute atomic E-state index is 0.108. The molecule has 1 rings (SSSR count). The Morgan fingerprint density at radius 3 is 1.77 bits per heavy atom. The first kappa shape index (κ1) is 10.7. The van der Waals surface area contributed by atoms with Crippen LogP contribution in [0.4, 0.5) is 8.78 Å². The minimum Gasteiger partial charge on any atom is -0.207 e. The smallest absolute Gasteiger partial charge is 0.126 e. The Morgan fingerprint density at radius 2 is 1.46 bits per heavy atom. The average molecular weight is 221 g/mol. The van der Waals surface area contributed by atoms with E-state index in [0.29, 0.717) is 0 Å². The number of hydrogen-bond acceptors (Lipinski definition) is 0. The Morgan fingerprint density at radius 1 is 1.08 bits per heavy atom. The van der Waals surface area contributed by atoms with Gasteiger partial charge in [-0.25, -0.2) is 8.78 Å². The molecule has 1 aromatic carbocycles. The predicted octanol–water partition coefficient (Wildman–Crippen LogP) is 3.16. The van der Waals surface area contributed by atoms with Crippen LogP contribution in [0.3, 0.4) is 0 Å². The molecule has 0 radical (unpaired) electrons. The van der Waals surface area contributed by atoms with Crippen LogP contribution in [0.1, 0.15) is 0 Å². The highest BCUT2D eigenvalue weighted by Gasteiger charge is 2.25. The monoisotopic (exact) mass is 220 g/mol. The van der Waals surface area contributed by atoms with Gasteiger partial charge in [-0.15, -0.1) is 0 Å². The summed E-state index contributed by atoms with van der Waals surface area (Å²) in [5, 5.41) is 0.328. The van der Waals surface area contributed by atoms with E-state index in [2.05, 4.69) is 0 Å². The quantitative estimate of drug-likeness (QED) is 0.638. The van der Waals surface area contributed by atoms with Crippen LogP contribution in [-0.2, 0) is 0 Å². The predicted molar refractivity (Wildman–Crippen MR) is 54.3 cm³/mol. The molecule has 0 aliphatic rings. The van der Waals surface area contributed by atoms with Crippen LogP contribution in [0.5, 0.6) is 0 Å². The standard InChI is InChI=1S/C9H11ClF2Si/c1-13(2,3)9-7(11)4-6(10)5-8(9)12/h4-5H,1-3H3. The molecule has 0 spiro atoms. The molecule has 1 aromatic rings. The third-order valence-corrected chi connectivity index (χ3v) is 3.95. The number of halogens is 3. The molecule has 0 aliphatic carbocycles. The van der Waals surface area contributed by atoms with E-state index in [1.54, 1.807) is 0 Å². The molecule has 0 bridgehead atoms. The van der Waals surface area contributed by atoms with Gasteiger partial charge in [-0.2, -0.15) is 0 Å². The van der Waals surface area contributed by atoms with Gasteiger partial charge in [-0.05, 0) is 12.1 Å². The van der Waals surface area contributed by atoms with Crippen molar-refractivity contribution in [2.45, 2.75) is 19.6 Å². The lowest BCUT2D eigenvalue weighted by Crippen LogP contribution is -2.42. The molecule has 0 aliphatic heterocycles. The second kappa shape index (κ2) is 3.39. The molecule has 0 unspecified atom stereocenters. The van der Waals surface area contributed by atoms with Crippen LogP contribution >= 0.6 is 11.6 Å². The summed E-state index contributed by atoms with van der Waals surface area (Å²) >= 11 is 5.51. The van der Waals surface area contributed by atoms with Crippen molar-refractivity contribution in [2.75, 3.05) is 0 Å². The van der Waals surface area contributed by atoms with Crippen LogP contribution in [-0.4, -0.2) is 8.07 Å². The van der Waals surface area contributed by atoms with Gasteiger partial charge in [0.15, 0.2) is 0 Å². The van der Waals surface area contributed by atoms with Gasteiger partial charge in [0.05, 0.1) is 8.07 Å². The SMILES string of the molecule is C[Si](C)(C)c1c(F)cc(Cl)cc1F. The Hall–Kier alpha value is -0.413. The number of rotatable bonds is 1. The Bertz CT molecular complexity index is 308. The van der Waals surface area contributed by atoms with E-state index < -0.39 is 19.7 Å². The van der Waals surface area contributed by atoms with Crippen molar-refractivity contribution in [1.29, 1.82) is 0 Å². The van der Waals surface area contributed by atoms with Crippen molar-refractivity contribution in [2.24, 2.45) is 0 Å². The summed E-state index contributed by atoms with van der Waals surface area (Å²) in [6.45, 7) is 5.67. The second-order valence-electron chi connectivity index (χ2n) is 3.99. The van der Waals surface area contributed by atoms with E-state index in [1.807, 2.05) is 19.6 Å². The van der Waals surface area contributed by atoms with Crippen LogP contribution in [0.25, 0.3) is 0 Å². The first-order valence-corrected chi connectivity index (χ1v) is 7.85. The van der Waals surface area contributed by atoms with Gasteiger partial charge in [0, 0.05) is 10.2 Å². The van der Waals surface area contributed by atoms with Gasteiger partial charge in [-0.1, -0.05) is 31.2 Å². The molecule has 0 atom stereocenters. The fourth-order valence-electron chi connectivity index (χ4n) is 1.26. The van der Waals surface area contributed by atoms with Crippen LogP contribution in [0, 0.1) is 11.6 Å². The molecule has 13 heavy (non-hydrogen) atoms. The molecule has 0 saturated carbocycles. The zero-order valence-corrected chi connectivity index (χ0v) is 9.54. The highest BCUT2D eigenvalue weighted by Crippen LogP contribution is 2.15. The van der Waals surface area contributed by atoms with Gasteiger partial charge in [0.25, 0.3) is 0 Å². The topological polar surface area (TPSA) is 0 Å². The molecule has 0 amide bonds. The van der Waals surface area contributed by atoms with Crippen molar-refractivity contribution < 1.29 is 8.78 Å². The lowest BCUT2D eigenvalue weighted by atomic mass is 10.3. The van der Waals surface area contributed by atoms with Gasteiger partial charge in [0.2, 0.25) is 0 Å². The molecular weight excluding hydrogens is 210 g/mol. The first-order chi connectivity index (χ1) is 5.82. The molecular formula is C9H11ClF2Si. The molecule has 0 saturated heterocycles. The maximum absolute atomic E-state index is 13.3. The van der Waals surface area contributed by atoms with Crippen molar-refractivity contribution in [3.8, 4) is 0 Å². The van der Waals surface area contributed by atoms with Crippen molar-refractivity contribution in [3.05, 3.63) is 28.8 Å². The van der Waals surface area contributed by atoms with Gasteiger partial charge >= 0.3 is 0 Å². The van der Waals surface area contributed by atoms with Crippen molar-refractivity contribution in [1.82, 2.24) is 0 Å². The molecule has 0 fully saturated rings. The molecule has 0 heterocycles. The van der Waals surface area contributed by atoms with Crippen molar-refractivity contribution in [3.63, 3.8) is 0 Å². The summed E-state index contributed by atoms with van der Waals surface area (Å²) in [5.41, 5.74) is 0. The van der Waals surface area contributed by atoms with Gasteiger partial charge < -0.3 is 0 Å². The highest BCUT2D eigenvalue weighted by atomic mass is 35.5. The third kappa shape index (κ3) is 2.29. The summed E-state index contributed by atoms with van der Waals surface area (Å²) in [7, 11) is -1.95. The summed E-state index contributed by atoms with van der Waals surface area (Å²) in [6.07, 6.45) is 0. The third-order valence-electron chi connectivity index (χ3n) is 1.76. The van der Waals surface area contributed by atoms with Crippen LogP contribution in [0.15, 0.2) is 12.1 Å². The Balaban J connectivity index is 3.38. The van der Waals surface area contributed by atoms with Gasteiger partial charge in [-0.3, -0.25) is 0 Å². The lowest BCUT2D eigenvalue weighted by Gasteiger charge is -2.18. The second-order valence-corrected chi connectivity index (χ2v) is 9.43. The molecule has 0 aromatic heterocycles. The Kier molecular flexibility index (Phi) is 2.78. The summed E-state index contributed by atoms with van der Waals surface area (Å²) in [5.74, 6) is -1.05. The Labute approximate surface area is 82.5 Å². The van der Waals surface area contributed by atoms with Crippen molar-refractivity contribution >= 4 is 24.9 Å². The summed E-state index contributed by atoms with van der Waals surface area (Å²) in [4.78, 5) is 0. The molecule has 0 nitrogen and oxygen atoms in total. The van der Waals surface area contributed by atoms with E-state index in [0.717, 1.165) is 12.1 Å². The average Bonchev–Trinajstić information content (AvgIpc) is 1.78. The highest BCUT2D eigenvalue weighted by molar-refractivity contribution is 6.88. The minimum atomic E-state index is -1.95. The largest absolute Gasteiger partial charge is 0.207 e. The zero-order valence-electron chi connectivity index (χ0n) is 7.79. The van der Waals surface area contributed by atoms with Crippen LogP contribution < -0.4 is 5.19 Å². The summed E-state index contributed by atoms with van der Waals surface area (Å²) in [6, 6.07) is 2.33. The maximum Gasteiger partial charge on any atom is 0.126 e.